The molecule has 0 unspecified atom stereocenters. The topological polar surface area (TPSA) is 94.2 Å². The van der Waals surface area contributed by atoms with Crippen LogP contribution >= 0.6 is 0 Å². The van der Waals surface area contributed by atoms with Gasteiger partial charge in [0, 0.05) is 24.8 Å². The van der Waals surface area contributed by atoms with E-state index in [1.54, 1.807) is 30.3 Å². The molecule has 2 aromatic carbocycles. The van der Waals surface area contributed by atoms with Crippen LogP contribution in [0.3, 0.4) is 0 Å². The number of ether oxygens (including phenoxy) is 3. The molecule has 0 saturated heterocycles. The monoisotopic (exact) mass is 434 g/mol. The molecule has 0 bridgehead atoms. The summed E-state index contributed by atoms with van der Waals surface area (Å²) in [5, 5.41) is 2.69. The molecule has 0 fully saturated rings. The second-order valence-electron chi connectivity index (χ2n) is 6.78. The fourth-order valence-corrected chi connectivity index (χ4v) is 4.65. The van der Waals surface area contributed by atoms with Crippen LogP contribution in [0.15, 0.2) is 47.4 Å². The molecule has 1 aliphatic rings. The molecular weight excluding hydrogens is 408 g/mol. The van der Waals surface area contributed by atoms with Gasteiger partial charge in [-0.05, 0) is 49.2 Å². The fourth-order valence-electron chi connectivity index (χ4n) is 3.02. The van der Waals surface area contributed by atoms with Crippen LogP contribution in [0.4, 0.5) is 5.69 Å². The normalized spacial score (nSPS) is 12.8. The average molecular weight is 435 g/mol. The van der Waals surface area contributed by atoms with Crippen molar-refractivity contribution in [3.63, 3.8) is 0 Å². The van der Waals surface area contributed by atoms with Gasteiger partial charge in [-0.25, -0.2) is 8.42 Å². The number of anilines is 1. The van der Waals surface area contributed by atoms with Crippen LogP contribution in [0.1, 0.15) is 26.7 Å². The zero-order valence-electron chi connectivity index (χ0n) is 17.1. The maximum absolute atomic E-state index is 12.8. The van der Waals surface area contributed by atoms with Gasteiger partial charge in [0.15, 0.2) is 18.1 Å². The zero-order valence-corrected chi connectivity index (χ0v) is 17.9. The SMILES string of the molecule is CCCN(CCC)S(=O)(=O)c1ccc(NC(=O)COc2ccc3c(c2)OCO3)cc1. The molecule has 30 heavy (non-hydrogen) atoms. The maximum Gasteiger partial charge on any atom is 0.262 e. The summed E-state index contributed by atoms with van der Waals surface area (Å²) in [4.78, 5) is 12.4. The Morgan fingerprint density at radius 1 is 1.03 bits per heavy atom. The van der Waals surface area contributed by atoms with Gasteiger partial charge < -0.3 is 19.5 Å². The number of carbonyl (C=O) groups is 1. The number of hydrogen-bond donors (Lipinski definition) is 1. The van der Waals surface area contributed by atoms with Crippen LogP contribution in [0.2, 0.25) is 0 Å². The molecule has 0 aromatic heterocycles. The minimum Gasteiger partial charge on any atom is -0.484 e. The molecule has 0 saturated carbocycles. The Bertz CT molecular complexity index is 969. The molecule has 8 nitrogen and oxygen atoms in total. The number of fused-ring (bicyclic) bond motifs is 1. The predicted molar refractivity (Wildman–Crippen MR) is 112 cm³/mol. The predicted octanol–water partition coefficient (Wildman–Crippen LogP) is 3.24. The summed E-state index contributed by atoms with van der Waals surface area (Å²) in [6, 6.07) is 11.2. The van der Waals surface area contributed by atoms with Gasteiger partial charge in [0.2, 0.25) is 16.8 Å². The first-order valence-corrected chi connectivity index (χ1v) is 11.3. The number of nitrogens with zero attached hydrogens (tertiary/aromatic N) is 1. The Kier molecular flexibility index (Phi) is 7.17. The van der Waals surface area contributed by atoms with Gasteiger partial charge in [-0.2, -0.15) is 4.31 Å². The Hall–Kier alpha value is -2.78. The molecule has 0 aliphatic carbocycles. The molecule has 1 heterocycles. The van der Waals surface area contributed by atoms with Crippen molar-refractivity contribution in [3.05, 3.63) is 42.5 Å². The molecule has 0 spiro atoms. The summed E-state index contributed by atoms with van der Waals surface area (Å²) in [5.41, 5.74) is 0.491. The van der Waals surface area contributed by atoms with Gasteiger partial charge in [-0.15, -0.1) is 0 Å². The highest BCUT2D eigenvalue weighted by atomic mass is 32.2. The number of carbonyl (C=O) groups excluding carboxylic acids is 1. The summed E-state index contributed by atoms with van der Waals surface area (Å²) < 4.78 is 43.0. The highest BCUT2D eigenvalue weighted by Crippen LogP contribution is 2.35. The lowest BCUT2D eigenvalue weighted by Gasteiger charge is -2.21. The van der Waals surface area contributed by atoms with Crippen LogP contribution < -0.4 is 19.5 Å². The van der Waals surface area contributed by atoms with Crippen LogP contribution in [0.25, 0.3) is 0 Å². The maximum atomic E-state index is 12.8. The lowest BCUT2D eigenvalue weighted by atomic mass is 10.3. The highest BCUT2D eigenvalue weighted by Gasteiger charge is 2.23. The average Bonchev–Trinajstić information content (AvgIpc) is 3.20. The zero-order chi connectivity index (χ0) is 21.6. The Morgan fingerprint density at radius 3 is 2.37 bits per heavy atom. The van der Waals surface area contributed by atoms with Gasteiger partial charge >= 0.3 is 0 Å². The number of benzene rings is 2. The summed E-state index contributed by atoms with van der Waals surface area (Å²) in [6.45, 7) is 4.82. The van der Waals surface area contributed by atoms with Crippen molar-refractivity contribution < 1.29 is 27.4 Å². The molecule has 3 rings (SSSR count). The quantitative estimate of drug-likeness (QED) is 0.617. The molecule has 0 radical (unpaired) electrons. The molecule has 0 atom stereocenters. The van der Waals surface area contributed by atoms with Crippen molar-refractivity contribution in [1.82, 2.24) is 4.31 Å². The molecule has 2 aromatic rings. The van der Waals surface area contributed by atoms with E-state index in [2.05, 4.69) is 5.32 Å². The first kappa shape index (κ1) is 21.9. The molecule has 1 aliphatic heterocycles. The molecule has 1 N–H and O–H groups in total. The number of sulfonamides is 1. The first-order valence-electron chi connectivity index (χ1n) is 9.86. The summed E-state index contributed by atoms with van der Waals surface area (Å²) in [6.07, 6.45) is 1.49. The minimum atomic E-state index is -3.55. The molecular formula is C21H26N2O6S. The van der Waals surface area contributed by atoms with Crippen molar-refractivity contribution in [1.29, 1.82) is 0 Å². The summed E-state index contributed by atoms with van der Waals surface area (Å²) in [7, 11) is -3.55. The van der Waals surface area contributed by atoms with E-state index in [9.17, 15) is 13.2 Å². The van der Waals surface area contributed by atoms with Crippen molar-refractivity contribution >= 4 is 21.6 Å². The van der Waals surface area contributed by atoms with Gasteiger partial charge in [0.1, 0.15) is 5.75 Å². The smallest absolute Gasteiger partial charge is 0.262 e. The van der Waals surface area contributed by atoms with E-state index in [1.165, 1.54) is 16.4 Å². The van der Waals surface area contributed by atoms with Crippen LogP contribution in [0, 0.1) is 0 Å². The van der Waals surface area contributed by atoms with Crippen LogP contribution in [-0.2, 0) is 14.8 Å². The van der Waals surface area contributed by atoms with E-state index < -0.39 is 10.0 Å². The van der Waals surface area contributed by atoms with Crippen LogP contribution in [0.5, 0.6) is 17.2 Å². The first-order chi connectivity index (χ1) is 14.4. The Labute approximate surface area is 176 Å². The fraction of sp³-hybridized carbons (Fsp3) is 0.381. The summed E-state index contributed by atoms with van der Waals surface area (Å²) in [5.74, 6) is 1.34. The number of hydrogen-bond acceptors (Lipinski definition) is 6. The third-order valence-corrected chi connectivity index (χ3v) is 6.35. The van der Waals surface area contributed by atoms with E-state index in [0.717, 1.165) is 12.8 Å². The van der Waals surface area contributed by atoms with Crippen molar-refractivity contribution in [2.75, 3.05) is 31.8 Å². The standard InChI is InChI=1S/C21H26N2O6S/c1-3-11-23(12-4-2)30(25,26)18-8-5-16(6-9-18)22-21(24)14-27-17-7-10-19-20(13-17)29-15-28-19/h5-10,13H,3-4,11-12,14-15H2,1-2H3,(H,22,24). The van der Waals surface area contributed by atoms with E-state index in [0.29, 0.717) is 36.0 Å². The van der Waals surface area contributed by atoms with Crippen molar-refractivity contribution in [2.24, 2.45) is 0 Å². The molecule has 162 valence electrons. The van der Waals surface area contributed by atoms with Gasteiger partial charge in [0.05, 0.1) is 4.90 Å². The summed E-state index contributed by atoms with van der Waals surface area (Å²) >= 11 is 0. The number of nitrogens with one attached hydrogen (secondary N) is 1. The Morgan fingerprint density at radius 2 is 1.70 bits per heavy atom. The van der Waals surface area contributed by atoms with E-state index >= 15 is 0 Å². The second-order valence-corrected chi connectivity index (χ2v) is 8.72. The third kappa shape index (κ3) is 5.22. The van der Waals surface area contributed by atoms with Crippen LogP contribution in [-0.4, -0.2) is 45.1 Å². The van der Waals surface area contributed by atoms with E-state index in [4.69, 9.17) is 14.2 Å². The third-order valence-electron chi connectivity index (χ3n) is 4.44. The second kappa shape index (κ2) is 9.82. The lowest BCUT2D eigenvalue weighted by molar-refractivity contribution is -0.118. The van der Waals surface area contributed by atoms with Crippen molar-refractivity contribution in [3.8, 4) is 17.2 Å². The van der Waals surface area contributed by atoms with Gasteiger partial charge in [-0.3, -0.25) is 4.79 Å². The molecule has 9 heteroatoms. The van der Waals surface area contributed by atoms with E-state index in [-0.39, 0.29) is 24.2 Å². The van der Waals surface area contributed by atoms with Gasteiger partial charge in [-0.1, -0.05) is 13.8 Å². The lowest BCUT2D eigenvalue weighted by Crippen LogP contribution is -2.32. The largest absolute Gasteiger partial charge is 0.484 e. The molecule has 1 amide bonds. The van der Waals surface area contributed by atoms with Crippen molar-refractivity contribution in [2.45, 2.75) is 31.6 Å². The Balaban J connectivity index is 1.57. The number of amides is 1. The van der Waals surface area contributed by atoms with Gasteiger partial charge in [0.25, 0.3) is 5.91 Å². The number of rotatable bonds is 10. The van der Waals surface area contributed by atoms with E-state index in [1.807, 2.05) is 13.8 Å². The highest BCUT2D eigenvalue weighted by molar-refractivity contribution is 7.89. The minimum absolute atomic E-state index is 0.166.